The van der Waals surface area contributed by atoms with Crippen molar-refractivity contribution in [2.45, 2.75) is 23.1 Å². The monoisotopic (exact) mass is 351 g/mol. The van der Waals surface area contributed by atoms with Gasteiger partial charge in [-0.2, -0.15) is 0 Å². The molecule has 0 heterocycles. The smallest absolute Gasteiger partial charge is 0.123 e. The molecule has 0 saturated carbocycles. The zero-order chi connectivity index (χ0) is 14.5. The van der Waals surface area contributed by atoms with Gasteiger partial charge in [-0.25, -0.2) is 0 Å². The first-order chi connectivity index (χ1) is 9.61. The lowest BCUT2D eigenvalue weighted by molar-refractivity contribution is 0.408. The molecule has 0 aromatic heterocycles. The summed E-state index contributed by atoms with van der Waals surface area (Å²) in [6.07, 6.45) is 0. The van der Waals surface area contributed by atoms with Gasteiger partial charge < -0.3 is 10.5 Å². The van der Waals surface area contributed by atoms with Crippen molar-refractivity contribution in [3.8, 4) is 5.75 Å². The largest absolute Gasteiger partial charge is 0.496 e. The third-order valence-corrected chi connectivity index (χ3v) is 5.01. The molecule has 106 valence electrons. The molecule has 0 spiro atoms. The van der Waals surface area contributed by atoms with Crippen LogP contribution in [0, 0.1) is 0 Å². The van der Waals surface area contributed by atoms with Gasteiger partial charge in [0, 0.05) is 21.0 Å². The molecule has 2 aromatic carbocycles. The van der Waals surface area contributed by atoms with E-state index in [9.17, 15) is 0 Å². The Labute approximate surface area is 132 Å². The van der Waals surface area contributed by atoms with Crippen LogP contribution in [0.2, 0.25) is 0 Å². The summed E-state index contributed by atoms with van der Waals surface area (Å²) in [5.41, 5.74) is 7.32. The number of ether oxygens (including phenoxy) is 1. The quantitative estimate of drug-likeness (QED) is 0.797. The summed E-state index contributed by atoms with van der Waals surface area (Å²) in [6.45, 7) is 2.03. The van der Waals surface area contributed by atoms with Crippen molar-refractivity contribution in [1.29, 1.82) is 0 Å². The lowest BCUT2D eigenvalue weighted by atomic mass is 10.1. The topological polar surface area (TPSA) is 35.2 Å². The SMILES string of the molecule is COc1ccccc1C(Sc1ccc(Br)cc1)C(C)N. The number of thioether (sulfide) groups is 1. The average molecular weight is 352 g/mol. The van der Waals surface area contributed by atoms with Crippen molar-refractivity contribution in [2.24, 2.45) is 5.73 Å². The van der Waals surface area contributed by atoms with Crippen molar-refractivity contribution in [3.63, 3.8) is 0 Å². The number of methoxy groups -OCH3 is 1. The molecule has 2 aromatic rings. The second-order valence-electron chi connectivity index (χ2n) is 4.59. The normalized spacial score (nSPS) is 13.8. The number of halogens is 1. The zero-order valence-electron chi connectivity index (χ0n) is 11.5. The number of rotatable bonds is 5. The van der Waals surface area contributed by atoms with E-state index in [0.717, 1.165) is 15.8 Å². The lowest BCUT2D eigenvalue weighted by Crippen LogP contribution is -2.23. The van der Waals surface area contributed by atoms with Crippen molar-refractivity contribution >= 4 is 27.7 Å². The molecule has 20 heavy (non-hydrogen) atoms. The van der Waals surface area contributed by atoms with E-state index in [0.29, 0.717) is 0 Å². The molecule has 2 atom stereocenters. The van der Waals surface area contributed by atoms with Crippen LogP contribution in [0.3, 0.4) is 0 Å². The Morgan fingerprint density at radius 3 is 2.35 bits per heavy atom. The van der Waals surface area contributed by atoms with E-state index in [4.69, 9.17) is 10.5 Å². The van der Waals surface area contributed by atoms with E-state index in [1.165, 1.54) is 4.90 Å². The Kier molecular flexibility index (Phi) is 5.52. The summed E-state index contributed by atoms with van der Waals surface area (Å²) in [4.78, 5) is 1.20. The Balaban J connectivity index is 2.29. The van der Waals surface area contributed by atoms with Crippen LogP contribution in [0.15, 0.2) is 57.9 Å². The van der Waals surface area contributed by atoms with Crippen molar-refractivity contribution < 1.29 is 4.74 Å². The van der Waals surface area contributed by atoms with Gasteiger partial charge in [0.15, 0.2) is 0 Å². The van der Waals surface area contributed by atoms with Gasteiger partial charge in [-0.3, -0.25) is 0 Å². The van der Waals surface area contributed by atoms with Gasteiger partial charge in [0.05, 0.1) is 12.4 Å². The zero-order valence-corrected chi connectivity index (χ0v) is 13.9. The van der Waals surface area contributed by atoms with Crippen molar-refractivity contribution in [2.75, 3.05) is 7.11 Å². The van der Waals surface area contributed by atoms with Crippen LogP contribution >= 0.6 is 27.7 Å². The third kappa shape index (κ3) is 3.78. The minimum Gasteiger partial charge on any atom is -0.496 e. The number of para-hydroxylation sites is 1. The van der Waals surface area contributed by atoms with Crippen molar-refractivity contribution in [1.82, 2.24) is 0 Å². The average Bonchev–Trinajstić information content (AvgIpc) is 2.46. The van der Waals surface area contributed by atoms with E-state index in [1.807, 2.05) is 37.3 Å². The first-order valence-electron chi connectivity index (χ1n) is 6.42. The van der Waals surface area contributed by atoms with Gasteiger partial charge in [0.2, 0.25) is 0 Å². The highest BCUT2D eigenvalue weighted by atomic mass is 79.9. The molecule has 0 amide bonds. The number of nitrogens with two attached hydrogens (primary N) is 1. The molecule has 0 fully saturated rings. The van der Waals surface area contributed by atoms with Crippen LogP contribution < -0.4 is 10.5 Å². The number of hydrogen-bond acceptors (Lipinski definition) is 3. The standard InChI is InChI=1S/C16H18BrNOS/c1-11(18)16(14-5-3-4-6-15(14)19-2)20-13-9-7-12(17)8-10-13/h3-11,16H,18H2,1-2H3. The lowest BCUT2D eigenvalue weighted by Gasteiger charge is -2.22. The molecule has 4 heteroatoms. The molecule has 2 unspecified atom stereocenters. The molecular formula is C16H18BrNOS. The second kappa shape index (κ2) is 7.16. The van der Waals surface area contributed by atoms with Crippen LogP contribution in [0.4, 0.5) is 0 Å². The Morgan fingerprint density at radius 2 is 1.75 bits per heavy atom. The van der Waals surface area contributed by atoms with E-state index in [-0.39, 0.29) is 11.3 Å². The maximum absolute atomic E-state index is 6.18. The van der Waals surface area contributed by atoms with E-state index >= 15 is 0 Å². The highest BCUT2D eigenvalue weighted by molar-refractivity contribution is 9.10. The summed E-state index contributed by atoms with van der Waals surface area (Å²) in [7, 11) is 1.70. The first-order valence-corrected chi connectivity index (χ1v) is 8.10. The minimum absolute atomic E-state index is 0.0277. The predicted octanol–water partition coefficient (Wildman–Crippen LogP) is 4.64. The highest BCUT2D eigenvalue weighted by Crippen LogP contribution is 2.41. The summed E-state index contributed by atoms with van der Waals surface area (Å²) in [6, 6.07) is 16.4. The van der Waals surface area contributed by atoms with E-state index in [2.05, 4.69) is 34.1 Å². The van der Waals surface area contributed by atoms with Gasteiger partial charge >= 0.3 is 0 Å². The maximum Gasteiger partial charge on any atom is 0.123 e. The Morgan fingerprint density at radius 1 is 1.10 bits per heavy atom. The summed E-state index contributed by atoms with van der Waals surface area (Å²) < 4.78 is 6.54. The molecule has 0 saturated heterocycles. The second-order valence-corrected chi connectivity index (χ2v) is 6.72. The van der Waals surface area contributed by atoms with E-state index < -0.39 is 0 Å². The highest BCUT2D eigenvalue weighted by Gasteiger charge is 2.21. The fraction of sp³-hybridized carbons (Fsp3) is 0.250. The summed E-state index contributed by atoms with van der Waals surface area (Å²) >= 11 is 5.22. The van der Waals surface area contributed by atoms with E-state index in [1.54, 1.807) is 18.9 Å². The molecule has 0 aliphatic carbocycles. The molecule has 0 bridgehead atoms. The fourth-order valence-electron chi connectivity index (χ4n) is 2.02. The van der Waals surface area contributed by atoms with Crippen LogP contribution in [-0.2, 0) is 0 Å². The molecular weight excluding hydrogens is 334 g/mol. The van der Waals surface area contributed by atoms with Crippen molar-refractivity contribution in [3.05, 3.63) is 58.6 Å². The van der Waals surface area contributed by atoms with Crippen LogP contribution in [-0.4, -0.2) is 13.2 Å². The third-order valence-electron chi connectivity index (χ3n) is 3.00. The van der Waals surface area contributed by atoms with Crippen LogP contribution in [0.25, 0.3) is 0 Å². The van der Waals surface area contributed by atoms with Crippen LogP contribution in [0.1, 0.15) is 17.7 Å². The molecule has 2 nitrogen and oxygen atoms in total. The summed E-state index contributed by atoms with van der Waals surface area (Å²) in [5, 5.41) is 0.160. The molecule has 2 N–H and O–H groups in total. The Hall–Kier alpha value is -0.970. The Bertz CT molecular complexity index is 557. The first kappa shape index (κ1) is 15.4. The fourth-order valence-corrected chi connectivity index (χ4v) is 3.40. The molecule has 0 aliphatic rings. The molecule has 0 aliphatic heterocycles. The minimum atomic E-state index is 0.0277. The molecule has 0 radical (unpaired) electrons. The summed E-state index contributed by atoms with van der Waals surface area (Å²) in [5.74, 6) is 0.888. The predicted molar refractivity (Wildman–Crippen MR) is 89.4 cm³/mol. The number of hydrogen-bond donors (Lipinski definition) is 1. The van der Waals surface area contributed by atoms with Gasteiger partial charge in [-0.1, -0.05) is 34.1 Å². The molecule has 2 rings (SSSR count). The maximum atomic E-state index is 6.18. The van der Waals surface area contributed by atoms with Crippen LogP contribution in [0.5, 0.6) is 5.75 Å². The van der Waals surface area contributed by atoms with Gasteiger partial charge in [-0.15, -0.1) is 11.8 Å². The van der Waals surface area contributed by atoms with Gasteiger partial charge in [0.1, 0.15) is 5.75 Å². The van der Waals surface area contributed by atoms with Gasteiger partial charge in [-0.05, 0) is 37.3 Å². The van der Waals surface area contributed by atoms with Gasteiger partial charge in [0.25, 0.3) is 0 Å². The number of benzene rings is 2.